The van der Waals surface area contributed by atoms with Gasteiger partial charge in [0.2, 0.25) is 5.91 Å². The highest BCUT2D eigenvalue weighted by Crippen LogP contribution is 2.36. The maximum Gasteiger partial charge on any atom is 0.223 e. The van der Waals surface area contributed by atoms with Gasteiger partial charge >= 0.3 is 0 Å². The third kappa shape index (κ3) is 5.18. The summed E-state index contributed by atoms with van der Waals surface area (Å²) in [5.74, 6) is -0.314. The van der Waals surface area contributed by atoms with E-state index in [9.17, 15) is 13.2 Å². The number of thiophene rings is 1. The minimum atomic E-state index is -3.56. The number of hydrogen-bond donors (Lipinski definition) is 0. The van der Waals surface area contributed by atoms with Crippen LogP contribution in [0.5, 0.6) is 0 Å². The molecule has 0 spiro atoms. The second-order valence-corrected chi connectivity index (χ2v) is 12.4. The number of pyridine rings is 1. The molecule has 2 aromatic heterocycles. The summed E-state index contributed by atoms with van der Waals surface area (Å²) in [6, 6.07) is 9.59. The quantitative estimate of drug-likeness (QED) is 0.478. The number of amides is 1. The number of fused-ring (bicyclic) bond motifs is 1. The van der Waals surface area contributed by atoms with Crippen LogP contribution in [0.1, 0.15) is 30.5 Å². The predicted octanol–water partition coefficient (Wildman–Crippen LogP) is 4.86. The molecule has 6 nitrogen and oxygen atoms in total. The first kappa shape index (κ1) is 24.0. The van der Waals surface area contributed by atoms with E-state index in [2.05, 4.69) is 16.0 Å². The summed E-state index contributed by atoms with van der Waals surface area (Å²) in [6.07, 6.45) is 3.51. The molecule has 1 aliphatic rings. The van der Waals surface area contributed by atoms with Gasteiger partial charge < -0.3 is 9.80 Å². The van der Waals surface area contributed by atoms with Crippen LogP contribution in [0.4, 0.5) is 5.69 Å². The van der Waals surface area contributed by atoms with E-state index in [4.69, 9.17) is 11.6 Å². The van der Waals surface area contributed by atoms with Crippen molar-refractivity contribution in [3.05, 3.63) is 52.8 Å². The Kier molecular flexibility index (Phi) is 6.98. The Labute approximate surface area is 204 Å². The van der Waals surface area contributed by atoms with Gasteiger partial charge in [0.1, 0.15) is 4.21 Å². The lowest BCUT2D eigenvalue weighted by molar-refractivity contribution is -0.131. The highest BCUT2D eigenvalue weighted by molar-refractivity contribution is 7.93. The van der Waals surface area contributed by atoms with Crippen LogP contribution < -0.4 is 4.90 Å². The molecule has 0 atom stereocenters. The Morgan fingerprint density at radius 3 is 2.64 bits per heavy atom. The van der Waals surface area contributed by atoms with Crippen LogP contribution >= 0.6 is 22.9 Å². The molecule has 3 aromatic rings. The maximum atomic E-state index is 13.0. The first-order valence-corrected chi connectivity index (χ1v) is 13.8. The Morgan fingerprint density at radius 1 is 1.21 bits per heavy atom. The lowest BCUT2D eigenvalue weighted by Gasteiger charge is -2.38. The highest BCUT2D eigenvalue weighted by atomic mass is 35.5. The zero-order valence-electron chi connectivity index (χ0n) is 19.0. The van der Waals surface area contributed by atoms with Gasteiger partial charge in [-0.2, -0.15) is 0 Å². The van der Waals surface area contributed by atoms with Gasteiger partial charge in [0, 0.05) is 59.9 Å². The molecule has 0 N–H and O–H groups in total. The van der Waals surface area contributed by atoms with Gasteiger partial charge in [0.05, 0.1) is 5.75 Å². The fourth-order valence-corrected chi connectivity index (χ4v) is 7.73. The number of carbonyl (C=O) groups excluding carboxylic acids is 1. The summed E-state index contributed by atoms with van der Waals surface area (Å²) >= 11 is 7.32. The number of nitrogens with zero attached hydrogens (tertiary/aromatic N) is 3. The number of piperidine rings is 1. The SMILES string of the molecule is Cc1cc(N2CCC(N(C)C(=O)CCS(=O)(=O)c3sc4ccc(Cl)cc4c3C)CC2)ccn1. The number of anilines is 1. The first-order chi connectivity index (χ1) is 15.7. The van der Waals surface area contributed by atoms with Crippen molar-refractivity contribution in [1.82, 2.24) is 9.88 Å². The molecule has 1 saturated heterocycles. The molecule has 1 fully saturated rings. The van der Waals surface area contributed by atoms with Crippen molar-refractivity contribution in [1.29, 1.82) is 0 Å². The van der Waals surface area contributed by atoms with Crippen molar-refractivity contribution in [3.63, 3.8) is 0 Å². The molecule has 3 heterocycles. The van der Waals surface area contributed by atoms with Crippen LogP contribution in [0.25, 0.3) is 10.1 Å². The minimum absolute atomic E-state index is 0.0168. The van der Waals surface area contributed by atoms with E-state index in [1.807, 2.05) is 25.3 Å². The van der Waals surface area contributed by atoms with Crippen LogP contribution in [0.3, 0.4) is 0 Å². The molecule has 0 bridgehead atoms. The molecule has 1 aliphatic heterocycles. The monoisotopic (exact) mass is 505 g/mol. The summed E-state index contributed by atoms with van der Waals surface area (Å²) in [6.45, 7) is 5.49. The molecular formula is C24H28ClN3O3S2. The van der Waals surface area contributed by atoms with Crippen LogP contribution in [0, 0.1) is 13.8 Å². The Bertz CT molecular complexity index is 1280. The standard InChI is InChI=1S/C24H28ClN3O3S2/c1-16-14-20(6-10-26-16)28-11-7-19(8-12-28)27(3)23(29)9-13-33(30,31)24-17(2)21-15-18(25)4-5-22(21)32-24/h4-6,10,14-15,19H,7-9,11-13H2,1-3H3. The van der Waals surface area contributed by atoms with Gasteiger partial charge in [-0.3, -0.25) is 9.78 Å². The normalized spacial score (nSPS) is 15.2. The Morgan fingerprint density at radius 2 is 1.94 bits per heavy atom. The number of halogens is 1. The number of rotatable bonds is 6. The van der Waals surface area contributed by atoms with E-state index in [1.165, 1.54) is 11.3 Å². The third-order valence-corrected chi connectivity index (χ3v) is 10.3. The summed E-state index contributed by atoms with van der Waals surface area (Å²) < 4.78 is 27.3. The number of sulfone groups is 1. The number of carbonyl (C=O) groups is 1. The van der Waals surface area contributed by atoms with Crippen molar-refractivity contribution in [3.8, 4) is 0 Å². The third-order valence-electron chi connectivity index (χ3n) is 6.37. The van der Waals surface area contributed by atoms with Gasteiger partial charge in [-0.15, -0.1) is 11.3 Å². The molecule has 0 aliphatic carbocycles. The summed E-state index contributed by atoms with van der Waals surface area (Å²) in [7, 11) is -1.77. The molecule has 1 aromatic carbocycles. The number of aromatic nitrogens is 1. The topological polar surface area (TPSA) is 70.6 Å². The van der Waals surface area contributed by atoms with Gasteiger partial charge in [0.15, 0.2) is 9.84 Å². The Balaban J connectivity index is 1.36. The maximum absolute atomic E-state index is 13.0. The molecule has 176 valence electrons. The van der Waals surface area contributed by atoms with E-state index in [0.717, 1.165) is 47.4 Å². The fraction of sp³-hybridized carbons (Fsp3) is 0.417. The molecule has 0 unspecified atom stereocenters. The van der Waals surface area contributed by atoms with Gasteiger partial charge in [-0.25, -0.2) is 8.42 Å². The summed E-state index contributed by atoms with van der Waals surface area (Å²) in [5, 5.41) is 1.43. The lowest BCUT2D eigenvalue weighted by atomic mass is 10.0. The fourth-order valence-electron chi connectivity index (χ4n) is 4.40. The van der Waals surface area contributed by atoms with Crippen molar-refractivity contribution in [2.24, 2.45) is 0 Å². The van der Waals surface area contributed by atoms with Crippen molar-refractivity contribution >= 4 is 54.5 Å². The number of hydrogen-bond acceptors (Lipinski definition) is 6. The zero-order chi connectivity index (χ0) is 23.8. The molecule has 33 heavy (non-hydrogen) atoms. The molecular weight excluding hydrogens is 478 g/mol. The van der Waals surface area contributed by atoms with E-state index in [1.54, 1.807) is 31.0 Å². The van der Waals surface area contributed by atoms with Gasteiger partial charge in [-0.1, -0.05) is 11.6 Å². The molecule has 9 heteroatoms. The molecule has 4 rings (SSSR count). The Hall–Kier alpha value is -2.16. The van der Waals surface area contributed by atoms with Crippen LogP contribution in [0.15, 0.2) is 40.7 Å². The van der Waals surface area contributed by atoms with Crippen LogP contribution in [0.2, 0.25) is 5.02 Å². The smallest absolute Gasteiger partial charge is 0.223 e. The lowest BCUT2D eigenvalue weighted by Crippen LogP contribution is -2.46. The summed E-state index contributed by atoms with van der Waals surface area (Å²) in [5.41, 5.74) is 2.85. The van der Waals surface area contributed by atoms with E-state index in [-0.39, 0.29) is 24.1 Å². The first-order valence-electron chi connectivity index (χ1n) is 11.0. The average molecular weight is 506 g/mol. The minimum Gasteiger partial charge on any atom is -0.371 e. The highest BCUT2D eigenvalue weighted by Gasteiger charge is 2.28. The second-order valence-electron chi connectivity index (χ2n) is 8.60. The van der Waals surface area contributed by atoms with Crippen molar-refractivity contribution in [2.45, 2.75) is 43.4 Å². The van der Waals surface area contributed by atoms with Gasteiger partial charge in [-0.05, 0) is 68.0 Å². The van der Waals surface area contributed by atoms with Crippen molar-refractivity contribution in [2.75, 3.05) is 30.8 Å². The van der Waals surface area contributed by atoms with Crippen LogP contribution in [-0.4, -0.2) is 56.1 Å². The molecule has 1 amide bonds. The molecule has 0 saturated carbocycles. The van der Waals surface area contributed by atoms with E-state index in [0.29, 0.717) is 14.8 Å². The van der Waals surface area contributed by atoms with Crippen molar-refractivity contribution < 1.29 is 13.2 Å². The van der Waals surface area contributed by atoms with E-state index >= 15 is 0 Å². The predicted molar refractivity (Wildman–Crippen MR) is 135 cm³/mol. The molecule has 0 radical (unpaired) electrons. The van der Waals surface area contributed by atoms with Gasteiger partial charge in [0.25, 0.3) is 0 Å². The summed E-state index contributed by atoms with van der Waals surface area (Å²) in [4.78, 5) is 21.1. The number of benzene rings is 1. The average Bonchev–Trinajstić information content (AvgIpc) is 3.14. The van der Waals surface area contributed by atoms with E-state index < -0.39 is 9.84 Å². The van der Waals surface area contributed by atoms with Crippen LogP contribution in [-0.2, 0) is 14.6 Å². The number of aryl methyl sites for hydroxylation is 2. The zero-order valence-corrected chi connectivity index (χ0v) is 21.4. The second kappa shape index (κ2) is 9.60. The largest absolute Gasteiger partial charge is 0.371 e.